The van der Waals surface area contributed by atoms with Gasteiger partial charge in [0.05, 0.1) is 18.4 Å². The molecular formula is C8H12N2O5. The molecule has 0 aliphatic carbocycles. The van der Waals surface area contributed by atoms with Gasteiger partial charge in [-0.3, -0.25) is 14.4 Å². The summed E-state index contributed by atoms with van der Waals surface area (Å²) in [5.41, 5.74) is 5.33. The van der Waals surface area contributed by atoms with Crippen molar-refractivity contribution < 1.29 is 24.6 Å². The number of aliphatic carboxylic acids is 2. The third-order valence-corrected chi connectivity index (χ3v) is 2.25. The number of hydrogen-bond donors (Lipinski definition) is 3. The Morgan fingerprint density at radius 1 is 1.33 bits per heavy atom. The van der Waals surface area contributed by atoms with E-state index in [1.807, 2.05) is 0 Å². The molecule has 0 saturated carbocycles. The lowest BCUT2D eigenvalue weighted by Crippen LogP contribution is -2.57. The average molecular weight is 216 g/mol. The maximum absolute atomic E-state index is 11.4. The minimum atomic E-state index is -1.15. The van der Waals surface area contributed by atoms with Crippen molar-refractivity contribution in [3.8, 4) is 0 Å². The summed E-state index contributed by atoms with van der Waals surface area (Å²) in [4.78, 5) is 33.3. The van der Waals surface area contributed by atoms with Crippen molar-refractivity contribution in [2.24, 2.45) is 11.7 Å². The standard InChI is InChI=1S/C8H12N2O5/c9-5(1-6(11)12)7(13)10-2-4(3-10)8(14)15/h4-5H,1-3,9H2,(H,11,12)(H,14,15). The Morgan fingerprint density at radius 2 is 1.87 bits per heavy atom. The number of hydrogen-bond acceptors (Lipinski definition) is 4. The molecule has 0 aromatic rings. The van der Waals surface area contributed by atoms with Crippen LogP contribution >= 0.6 is 0 Å². The molecule has 1 unspecified atom stereocenters. The van der Waals surface area contributed by atoms with Crippen molar-refractivity contribution in [3.63, 3.8) is 0 Å². The molecule has 15 heavy (non-hydrogen) atoms. The Morgan fingerprint density at radius 3 is 2.27 bits per heavy atom. The smallest absolute Gasteiger partial charge is 0.310 e. The van der Waals surface area contributed by atoms with Gasteiger partial charge in [0.25, 0.3) is 0 Å². The number of carbonyl (C=O) groups excluding carboxylic acids is 1. The molecule has 84 valence electrons. The van der Waals surface area contributed by atoms with Crippen LogP contribution in [0.4, 0.5) is 0 Å². The second-order valence-electron chi connectivity index (χ2n) is 3.48. The predicted octanol–water partition coefficient (Wildman–Crippen LogP) is -1.67. The van der Waals surface area contributed by atoms with E-state index in [0.29, 0.717) is 0 Å². The van der Waals surface area contributed by atoms with Gasteiger partial charge < -0.3 is 20.8 Å². The van der Waals surface area contributed by atoms with Gasteiger partial charge in [0.15, 0.2) is 0 Å². The van der Waals surface area contributed by atoms with Crippen LogP contribution in [0.25, 0.3) is 0 Å². The second kappa shape index (κ2) is 4.26. The highest BCUT2D eigenvalue weighted by Gasteiger charge is 2.37. The van der Waals surface area contributed by atoms with Crippen LogP contribution in [0, 0.1) is 5.92 Å². The van der Waals surface area contributed by atoms with E-state index in [1.165, 1.54) is 4.90 Å². The zero-order chi connectivity index (χ0) is 11.6. The van der Waals surface area contributed by atoms with E-state index in [4.69, 9.17) is 15.9 Å². The van der Waals surface area contributed by atoms with E-state index >= 15 is 0 Å². The zero-order valence-corrected chi connectivity index (χ0v) is 7.92. The van der Waals surface area contributed by atoms with Gasteiger partial charge in [-0.2, -0.15) is 0 Å². The predicted molar refractivity (Wildman–Crippen MR) is 47.9 cm³/mol. The molecule has 0 spiro atoms. The molecule has 7 heteroatoms. The van der Waals surface area contributed by atoms with Gasteiger partial charge in [-0.15, -0.1) is 0 Å². The lowest BCUT2D eigenvalue weighted by molar-refractivity contribution is -0.154. The fraction of sp³-hybridized carbons (Fsp3) is 0.625. The molecular weight excluding hydrogens is 204 g/mol. The number of rotatable bonds is 4. The minimum Gasteiger partial charge on any atom is -0.481 e. The zero-order valence-electron chi connectivity index (χ0n) is 7.92. The van der Waals surface area contributed by atoms with E-state index in [2.05, 4.69) is 0 Å². The summed E-state index contributed by atoms with van der Waals surface area (Å²) in [5.74, 6) is -3.15. The number of likely N-dealkylation sites (tertiary alicyclic amines) is 1. The van der Waals surface area contributed by atoms with Crippen LogP contribution in [0.1, 0.15) is 6.42 Å². The molecule has 4 N–H and O–H groups in total. The largest absolute Gasteiger partial charge is 0.481 e. The van der Waals surface area contributed by atoms with Crippen LogP contribution in [0.15, 0.2) is 0 Å². The number of carboxylic acid groups (broad SMARTS) is 2. The van der Waals surface area contributed by atoms with Crippen LogP contribution < -0.4 is 5.73 Å². The van der Waals surface area contributed by atoms with Crippen LogP contribution in [-0.4, -0.2) is 52.1 Å². The molecule has 7 nitrogen and oxygen atoms in total. The Labute approximate surface area is 85.5 Å². The van der Waals surface area contributed by atoms with Crippen molar-refractivity contribution in [3.05, 3.63) is 0 Å². The Kier molecular flexibility index (Phi) is 3.25. The van der Waals surface area contributed by atoms with E-state index < -0.39 is 36.2 Å². The third-order valence-electron chi connectivity index (χ3n) is 2.25. The number of carbonyl (C=O) groups is 3. The maximum atomic E-state index is 11.4. The normalized spacial score (nSPS) is 18.1. The number of nitrogens with zero attached hydrogens (tertiary/aromatic N) is 1. The van der Waals surface area contributed by atoms with Gasteiger partial charge in [0.1, 0.15) is 0 Å². The molecule has 1 fully saturated rings. The lowest BCUT2D eigenvalue weighted by Gasteiger charge is -2.37. The summed E-state index contributed by atoms with van der Waals surface area (Å²) < 4.78 is 0. The molecule has 1 heterocycles. The van der Waals surface area contributed by atoms with Crippen LogP contribution in [0.5, 0.6) is 0 Å². The summed E-state index contributed by atoms with van der Waals surface area (Å²) in [6.07, 6.45) is -0.437. The van der Waals surface area contributed by atoms with Crippen LogP contribution in [-0.2, 0) is 14.4 Å². The molecule has 1 rings (SSSR count). The number of carboxylic acids is 2. The molecule has 0 radical (unpaired) electrons. The fourth-order valence-electron chi connectivity index (χ4n) is 1.32. The van der Waals surface area contributed by atoms with Crippen molar-refractivity contribution in [2.75, 3.05) is 13.1 Å². The van der Waals surface area contributed by atoms with E-state index in [0.717, 1.165) is 0 Å². The monoisotopic (exact) mass is 216 g/mol. The van der Waals surface area contributed by atoms with Gasteiger partial charge in [-0.1, -0.05) is 0 Å². The SMILES string of the molecule is NC(CC(=O)O)C(=O)N1CC(C(=O)O)C1. The molecule has 1 aliphatic rings. The molecule has 0 aromatic heterocycles. The highest BCUT2D eigenvalue weighted by molar-refractivity contribution is 5.87. The minimum absolute atomic E-state index is 0.113. The topological polar surface area (TPSA) is 121 Å². The molecule has 1 atom stereocenters. The average Bonchev–Trinajstić information content (AvgIpc) is 1.98. The molecule has 1 saturated heterocycles. The first-order valence-electron chi connectivity index (χ1n) is 4.40. The highest BCUT2D eigenvalue weighted by Crippen LogP contribution is 2.16. The first kappa shape index (κ1) is 11.4. The Bertz CT molecular complexity index is 297. The molecule has 1 amide bonds. The summed E-state index contributed by atoms with van der Waals surface area (Å²) >= 11 is 0. The Hall–Kier alpha value is -1.63. The van der Waals surface area contributed by atoms with Gasteiger partial charge >= 0.3 is 11.9 Å². The summed E-state index contributed by atoms with van der Waals surface area (Å²) in [5, 5.41) is 17.0. The van der Waals surface area contributed by atoms with Crippen molar-refractivity contribution in [1.29, 1.82) is 0 Å². The van der Waals surface area contributed by atoms with Gasteiger partial charge in [-0.25, -0.2) is 0 Å². The van der Waals surface area contributed by atoms with E-state index in [9.17, 15) is 14.4 Å². The molecule has 1 aliphatic heterocycles. The summed E-state index contributed by atoms with van der Waals surface area (Å²) in [6, 6.07) is -1.09. The van der Waals surface area contributed by atoms with E-state index in [1.54, 1.807) is 0 Å². The second-order valence-corrected chi connectivity index (χ2v) is 3.48. The fourth-order valence-corrected chi connectivity index (χ4v) is 1.32. The van der Waals surface area contributed by atoms with Gasteiger partial charge in [-0.05, 0) is 0 Å². The maximum Gasteiger partial charge on any atom is 0.310 e. The number of amides is 1. The lowest BCUT2D eigenvalue weighted by atomic mass is 9.99. The first-order chi connectivity index (χ1) is 6.91. The first-order valence-corrected chi connectivity index (χ1v) is 4.40. The van der Waals surface area contributed by atoms with Crippen molar-refractivity contribution >= 4 is 17.8 Å². The van der Waals surface area contributed by atoms with Gasteiger partial charge in [0.2, 0.25) is 5.91 Å². The number of nitrogens with two attached hydrogens (primary N) is 1. The van der Waals surface area contributed by atoms with Crippen LogP contribution in [0.2, 0.25) is 0 Å². The summed E-state index contributed by atoms with van der Waals surface area (Å²) in [7, 11) is 0. The van der Waals surface area contributed by atoms with Gasteiger partial charge in [0, 0.05) is 13.1 Å². The van der Waals surface area contributed by atoms with Crippen molar-refractivity contribution in [1.82, 2.24) is 4.90 Å². The molecule has 0 aromatic carbocycles. The third kappa shape index (κ3) is 2.66. The highest BCUT2D eigenvalue weighted by atomic mass is 16.4. The molecule has 0 bridgehead atoms. The van der Waals surface area contributed by atoms with E-state index in [-0.39, 0.29) is 13.1 Å². The quantitative estimate of drug-likeness (QED) is 0.516. The van der Waals surface area contributed by atoms with Crippen molar-refractivity contribution in [2.45, 2.75) is 12.5 Å². The van der Waals surface area contributed by atoms with Crippen LogP contribution in [0.3, 0.4) is 0 Å². The Balaban J connectivity index is 2.37. The summed E-state index contributed by atoms with van der Waals surface area (Å²) in [6.45, 7) is 0.225.